The van der Waals surface area contributed by atoms with E-state index in [2.05, 4.69) is 177 Å². The van der Waals surface area contributed by atoms with Crippen molar-refractivity contribution in [2.45, 2.75) is 353 Å². The van der Waals surface area contributed by atoms with Crippen molar-refractivity contribution in [1.82, 2.24) is 0 Å². The molecule has 0 saturated carbocycles. The first-order chi connectivity index (χ1) is 49.3. The minimum Gasteiger partial charge on any atom is -0.455 e. The standard InChI is InChI=1S/C87H138O2S8Si5/c1-13-17-20-36-44-72-48-52-76(90-72)80-56-60-84(94-80)86-62-58-82(96-86)78-54-50-74(92-78)46-38-32-28-24-22-26-30-34-40-65-98(5,6)88-100(9,10)67-42-70-102(64-16-4,69-19-15-3)71-43-68-101(11,12)89-99(7,8)66-41-35-31-27-23-25-29-33-39-47-75-51-55-79(93-75)83-59-63-87(97-83)85-61-57-81(95-85)77-53-49-73(91-77)45-37-21-18-14-2/h48-63H,13-47,64-71H2,1-12H3. The lowest BCUT2D eigenvalue weighted by Gasteiger charge is -2.37. The van der Waals surface area contributed by atoms with Gasteiger partial charge in [-0.2, -0.15) is 0 Å². The summed E-state index contributed by atoms with van der Waals surface area (Å²) in [5.41, 5.74) is 0. The van der Waals surface area contributed by atoms with Gasteiger partial charge in [-0.15, -0.1) is 90.7 Å². The lowest BCUT2D eigenvalue weighted by atomic mass is 10.1. The van der Waals surface area contributed by atoms with E-state index in [9.17, 15) is 0 Å². The third kappa shape index (κ3) is 31.2. The van der Waals surface area contributed by atoms with E-state index in [-0.39, 0.29) is 0 Å². The monoisotopic (exact) mass is 1610 g/mol. The van der Waals surface area contributed by atoms with Gasteiger partial charge in [0, 0.05) is 78.0 Å². The van der Waals surface area contributed by atoms with Gasteiger partial charge in [0.1, 0.15) is 0 Å². The summed E-state index contributed by atoms with van der Waals surface area (Å²) in [6.45, 7) is 30.0. The molecular weight excluding hydrogens is 1470 g/mol. The molecule has 0 fully saturated rings. The van der Waals surface area contributed by atoms with Crippen molar-refractivity contribution in [3.8, 4) is 58.5 Å². The average molecular weight is 1610 g/mol. The molecule has 0 radical (unpaired) electrons. The maximum atomic E-state index is 7.34. The highest BCUT2D eigenvalue weighted by molar-refractivity contribution is 7.29. The Morgan fingerprint density at radius 2 is 0.402 bits per heavy atom. The predicted octanol–water partition coefficient (Wildman–Crippen LogP) is 34.5. The Morgan fingerprint density at radius 1 is 0.196 bits per heavy atom. The van der Waals surface area contributed by atoms with Crippen LogP contribution in [0.4, 0.5) is 0 Å². The van der Waals surface area contributed by atoms with Gasteiger partial charge in [-0.3, -0.25) is 0 Å². The molecule has 2 nitrogen and oxygen atoms in total. The first-order valence-corrected chi connectivity index (χ1v) is 63.3. The Kier molecular flexibility index (Phi) is 38.6. The number of hydrogen-bond acceptors (Lipinski definition) is 10. The molecule has 0 unspecified atom stereocenters. The summed E-state index contributed by atoms with van der Waals surface area (Å²) in [6, 6.07) is 49.3. The van der Waals surface area contributed by atoms with Crippen LogP contribution in [0.1, 0.15) is 246 Å². The van der Waals surface area contributed by atoms with Crippen molar-refractivity contribution in [2.75, 3.05) is 0 Å². The van der Waals surface area contributed by atoms with Gasteiger partial charge < -0.3 is 8.23 Å². The van der Waals surface area contributed by atoms with Gasteiger partial charge in [0.15, 0.2) is 33.3 Å². The molecule has 0 aromatic carbocycles. The van der Waals surface area contributed by atoms with E-state index in [0.29, 0.717) is 0 Å². The van der Waals surface area contributed by atoms with Crippen molar-refractivity contribution in [1.29, 1.82) is 0 Å². The number of aryl methyl sites for hydroxylation is 4. The maximum absolute atomic E-state index is 7.34. The van der Waals surface area contributed by atoms with Gasteiger partial charge in [0.2, 0.25) is 0 Å². The summed E-state index contributed by atoms with van der Waals surface area (Å²) in [6.07, 6.45) is 47.5. The van der Waals surface area contributed by atoms with Crippen LogP contribution >= 0.6 is 90.7 Å². The lowest BCUT2D eigenvalue weighted by molar-refractivity contribution is 0.522. The van der Waals surface area contributed by atoms with Crippen LogP contribution in [0.3, 0.4) is 0 Å². The number of thiophene rings is 8. The molecule has 0 amide bonds. The van der Waals surface area contributed by atoms with Crippen molar-refractivity contribution >= 4 is 132 Å². The van der Waals surface area contributed by atoms with E-state index in [1.54, 1.807) is 15.8 Å². The van der Waals surface area contributed by atoms with Crippen LogP contribution in [-0.2, 0) is 33.9 Å². The molecule has 8 aromatic heterocycles. The summed E-state index contributed by atoms with van der Waals surface area (Å²) in [4.78, 5) is 23.2. The molecule has 0 spiro atoms. The number of rotatable bonds is 57. The second-order valence-corrected chi connectivity index (χ2v) is 64.7. The molecule has 15 heteroatoms. The SMILES string of the molecule is CCCCCCc1ccc(-c2ccc(-c3ccc(-c4ccc(CCCCCCCCCCC[Si](C)(C)O[Si](C)(C)CCC[Si](CCC)(CCCC)CCC[Si](C)(C)O[Si](C)(C)CCCCCCCCCCCc5ccc(-c6ccc(-c7ccc(-c8ccc(CCCCCC)s8)s7)s6)s5)s4)s3)s2)s1. The zero-order chi connectivity index (χ0) is 72.5. The Morgan fingerprint density at radius 3 is 0.657 bits per heavy atom. The first-order valence-electron chi connectivity index (χ1n) is 41.4. The van der Waals surface area contributed by atoms with Gasteiger partial charge in [-0.05, 0) is 225 Å². The minimum absolute atomic E-state index is 1.23. The van der Waals surface area contributed by atoms with E-state index in [4.69, 9.17) is 8.23 Å². The van der Waals surface area contributed by atoms with E-state index in [1.165, 1.54) is 335 Å². The van der Waals surface area contributed by atoms with Crippen molar-refractivity contribution in [3.05, 3.63) is 117 Å². The van der Waals surface area contributed by atoms with Crippen LogP contribution in [-0.4, -0.2) is 41.3 Å². The molecule has 566 valence electrons. The smallest absolute Gasteiger partial charge is 0.173 e. The summed E-state index contributed by atoms with van der Waals surface area (Å²) in [5, 5.41) is 0. The Balaban J connectivity index is 0.620. The quantitative estimate of drug-likeness (QED) is 0.0279. The zero-order valence-corrected chi connectivity index (χ0v) is 77.8. The summed E-state index contributed by atoms with van der Waals surface area (Å²) in [5.74, 6) is 0. The number of unbranched alkanes of at least 4 members (excludes halogenated alkanes) is 23. The molecule has 8 aromatic rings. The second-order valence-electron chi connectivity index (χ2n) is 33.0. The van der Waals surface area contributed by atoms with E-state index >= 15 is 0 Å². The molecule has 102 heavy (non-hydrogen) atoms. The van der Waals surface area contributed by atoms with Gasteiger partial charge in [0.05, 0.1) is 8.07 Å². The molecule has 8 heterocycles. The molecule has 0 atom stereocenters. The molecule has 0 saturated heterocycles. The average Bonchev–Trinajstić information content (AvgIpc) is 1.66. The van der Waals surface area contributed by atoms with E-state index in [0.717, 1.165) is 0 Å². The second kappa shape index (κ2) is 45.7. The molecule has 0 aliphatic carbocycles. The van der Waals surface area contributed by atoms with Crippen LogP contribution < -0.4 is 0 Å². The number of hydrogen-bond donors (Lipinski definition) is 0. The van der Waals surface area contributed by atoms with Crippen LogP contribution in [0.15, 0.2) is 97.1 Å². The Hall–Kier alpha value is -1.40. The highest BCUT2D eigenvalue weighted by atomic mass is 32.1. The van der Waals surface area contributed by atoms with Crippen LogP contribution in [0.25, 0.3) is 58.5 Å². The minimum atomic E-state index is -1.72. The van der Waals surface area contributed by atoms with E-state index < -0.39 is 41.3 Å². The Labute approximate surface area is 662 Å². The van der Waals surface area contributed by atoms with Crippen molar-refractivity contribution in [3.63, 3.8) is 0 Å². The fourth-order valence-corrected chi connectivity index (χ4v) is 48.8. The third-order valence-electron chi connectivity index (χ3n) is 21.4. The van der Waals surface area contributed by atoms with E-state index in [1.807, 2.05) is 90.7 Å². The fraction of sp³-hybridized carbons (Fsp3) is 0.632. The molecular formula is C87H138O2S8Si5. The molecule has 0 bridgehead atoms. The largest absolute Gasteiger partial charge is 0.455 e. The normalized spacial score (nSPS) is 12.7. The van der Waals surface area contributed by atoms with Gasteiger partial charge in [-0.25, -0.2) is 0 Å². The van der Waals surface area contributed by atoms with Crippen LogP contribution in [0.5, 0.6) is 0 Å². The fourth-order valence-electron chi connectivity index (χ4n) is 15.9. The maximum Gasteiger partial charge on any atom is 0.173 e. The van der Waals surface area contributed by atoms with Crippen molar-refractivity contribution in [2.24, 2.45) is 0 Å². The summed E-state index contributed by atoms with van der Waals surface area (Å²) >= 11 is 15.9. The first kappa shape index (κ1) is 86.2. The molecule has 0 N–H and O–H groups in total. The zero-order valence-electron chi connectivity index (χ0n) is 66.2. The lowest BCUT2D eigenvalue weighted by Crippen LogP contribution is -2.45. The van der Waals surface area contributed by atoms with Crippen LogP contribution in [0, 0.1) is 0 Å². The van der Waals surface area contributed by atoms with Crippen LogP contribution in [0.2, 0.25) is 101 Å². The van der Waals surface area contributed by atoms with Gasteiger partial charge >= 0.3 is 0 Å². The third-order valence-corrected chi connectivity index (χ3v) is 52.4. The predicted molar refractivity (Wildman–Crippen MR) is 485 cm³/mol. The highest BCUT2D eigenvalue weighted by Crippen LogP contribution is 2.46. The van der Waals surface area contributed by atoms with Gasteiger partial charge in [-0.1, -0.05) is 225 Å². The molecule has 0 aliphatic rings. The molecule has 8 rings (SSSR count). The highest BCUT2D eigenvalue weighted by Gasteiger charge is 2.37. The van der Waals surface area contributed by atoms with Crippen molar-refractivity contribution < 1.29 is 8.23 Å². The summed E-state index contributed by atoms with van der Waals surface area (Å²) < 4.78 is 14.7. The molecule has 0 aliphatic heterocycles. The Bertz CT molecular complexity index is 3310. The summed E-state index contributed by atoms with van der Waals surface area (Å²) in [7, 11) is -8.14. The van der Waals surface area contributed by atoms with Gasteiger partial charge in [0.25, 0.3) is 0 Å². The topological polar surface area (TPSA) is 18.5 Å².